The van der Waals surface area contributed by atoms with Crippen LogP contribution in [0.2, 0.25) is 5.02 Å². The van der Waals surface area contributed by atoms with Crippen LogP contribution in [-0.4, -0.2) is 38.8 Å². The molecule has 1 aliphatic heterocycles. The number of halogens is 1. The van der Waals surface area contributed by atoms with Gasteiger partial charge in [-0.05, 0) is 49.2 Å². The van der Waals surface area contributed by atoms with Gasteiger partial charge in [-0.25, -0.2) is 4.98 Å². The molecule has 1 fully saturated rings. The van der Waals surface area contributed by atoms with E-state index in [4.69, 9.17) is 16.6 Å². The van der Waals surface area contributed by atoms with Crippen molar-refractivity contribution in [3.8, 4) is 0 Å². The lowest BCUT2D eigenvalue weighted by molar-refractivity contribution is 0.150. The van der Waals surface area contributed by atoms with E-state index in [2.05, 4.69) is 39.8 Å². The van der Waals surface area contributed by atoms with Crippen LogP contribution in [0.5, 0.6) is 0 Å². The Hall–Kier alpha value is -1.88. The van der Waals surface area contributed by atoms with Gasteiger partial charge in [-0.15, -0.1) is 0 Å². The molecule has 1 saturated heterocycles. The highest BCUT2D eigenvalue weighted by molar-refractivity contribution is 6.30. The summed E-state index contributed by atoms with van der Waals surface area (Å²) in [4.78, 5) is 7.22. The number of aliphatic hydroxyl groups is 1. The third kappa shape index (κ3) is 3.43. The molecule has 0 saturated carbocycles. The summed E-state index contributed by atoms with van der Waals surface area (Å²) in [6, 6.07) is 16.5. The Morgan fingerprint density at radius 1 is 1.08 bits per heavy atom. The summed E-state index contributed by atoms with van der Waals surface area (Å²) in [7, 11) is 0. The number of imidazole rings is 1. The van der Waals surface area contributed by atoms with E-state index >= 15 is 0 Å². The first-order chi connectivity index (χ1) is 12.2. The van der Waals surface area contributed by atoms with Crippen molar-refractivity contribution in [2.24, 2.45) is 0 Å². The number of aromatic nitrogens is 2. The summed E-state index contributed by atoms with van der Waals surface area (Å²) in [5.41, 5.74) is 3.37. The largest absolute Gasteiger partial charge is 0.395 e. The molecule has 5 heteroatoms. The molecule has 130 valence electrons. The maximum absolute atomic E-state index is 9.60. The van der Waals surface area contributed by atoms with Gasteiger partial charge in [0.15, 0.2) is 0 Å². The van der Waals surface area contributed by atoms with Crippen molar-refractivity contribution in [2.75, 3.05) is 13.2 Å². The van der Waals surface area contributed by atoms with Gasteiger partial charge in [-0.1, -0.05) is 35.9 Å². The second-order valence-corrected chi connectivity index (χ2v) is 7.11. The van der Waals surface area contributed by atoms with Crippen molar-refractivity contribution < 1.29 is 5.11 Å². The van der Waals surface area contributed by atoms with Gasteiger partial charge in [0, 0.05) is 17.6 Å². The maximum Gasteiger partial charge on any atom is 0.124 e. The Labute approximate surface area is 152 Å². The lowest BCUT2D eigenvalue weighted by Crippen LogP contribution is -2.32. The molecule has 4 rings (SSSR count). The number of benzene rings is 2. The summed E-state index contributed by atoms with van der Waals surface area (Å²) in [5, 5.41) is 10.4. The van der Waals surface area contributed by atoms with Gasteiger partial charge < -0.3 is 9.67 Å². The highest BCUT2D eigenvalue weighted by atomic mass is 35.5. The molecule has 1 aromatic heterocycles. The van der Waals surface area contributed by atoms with Gasteiger partial charge in [-0.3, -0.25) is 4.90 Å². The molecule has 2 aromatic carbocycles. The molecule has 25 heavy (non-hydrogen) atoms. The standard InChI is InChI=1S/C20H22ClN3O/c21-16-9-7-15(8-10-16)12-24-19-6-2-1-5-18(19)22-20(24)13-23-11-3-4-17(23)14-25/h1-2,5-10,17,25H,3-4,11-14H2/t17-/m1/s1. The molecule has 0 aliphatic carbocycles. The summed E-state index contributed by atoms with van der Waals surface area (Å²) in [6.45, 7) is 2.78. The molecule has 0 spiro atoms. The molecule has 0 amide bonds. The van der Waals surface area contributed by atoms with Crippen molar-refractivity contribution in [1.29, 1.82) is 0 Å². The molecular formula is C20H22ClN3O. The molecule has 3 aromatic rings. The zero-order valence-corrected chi connectivity index (χ0v) is 14.9. The van der Waals surface area contributed by atoms with Crippen LogP contribution in [0.1, 0.15) is 24.2 Å². The van der Waals surface area contributed by atoms with Gasteiger partial charge in [0.25, 0.3) is 0 Å². The predicted octanol–water partition coefficient (Wildman–Crippen LogP) is 3.69. The van der Waals surface area contributed by atoms with Crippen molar-refractivity contribution >= 4 is 22.6 Å². The van der Waals surface area contributed by atoms with E-state index in [0.29, 0.717) is 0 Å². The van der Waals surface area contributed by atoms with Crippen LogP contribution in [-0.2, 0) is 13.1 Å². The number of rotatable bonds is 5. The monoisotopic (exact) mass is 355 g/mol. The molecule has 4 nitrogen and oxygen atoms in total. The molecule has 0 unspecified atom stereocenters. The van der Waals surface area contributed by atoms with Crippen LogP contribution < -0.4 is 0 Å². The Morgan fingerprint density at radius 3 is 2.68 bits per heavy atom. The molecule has 0 bridgehead atoms. The van der Waals surface area contributed by atoms with Gasteiger partial charge in [-0.2, -0.15) is 0 Å². The molecule has 1 N–H and O–H groups in total. The number of hydrogen-bond acceptors (Lipinski definition) is 3. The normalized spacial score (nSPS) is 18.2. The predicted molar refractivity (Wildman–Crippen MR) is 101 cm³/mol. The third-order valence-electron chi connectivity index (χ3n) is 5.04. The van der Waals surface area contributed by atoms with Gasteiger partial charge in [0.2, 0.25) is 0 Å². The first-order valence-electron chi connectivity index (χ1n) is 8.78. The average molecular weight is 356 g/mol. The minimum Gasteiger partial charge on any atom is -0.395 e. The van der Waals surface area contributed by atoms with Crippen molar-refractivity contribution in [2.45, 2.75) is 32.0 Å². The van der Waals surface area contributed by atoms with Crippen molar-refractivity contribution in [1.82, 2.24) is 14.5 Å². The summed E-state index contributed by atoms with van der Waals surface area (Å²) >= 11 is 6.02. The average Bonchev–Trinajstić information content (AvgIpc) is 3.22. The summed E-state index contributed by atoms with van der Waals surface area (Å²) < 4.78 is 2.28. The van der Waals surface area contributed by atoms with Gasteiger partial charge >= 0.3 is 0 Å². The summed E-state index contributed by atoms with van der Waals surface area (Å²) in [5.74, 6) is 1.05. The number of hydrogen-bond donors (Lipinski definition) is 1. The number of likely N-dealkylation sites (tertiary alicyclic amines) is 1. The quantitative estimate of drug-likeness (QED) is 0.758. The Bertz CT molecular complexity index is 859. The zero-order valence-electron chi connectivity index (χ0n) is 14.1. The van der Waals surface area contributed by atoms with E-state index in [9.17, 15) is 5.11 Å². The number of aliphatic hydroxyl groups excluding tert-OH is 1. The Balaban J connectivity index is 1.69. The number of para-hydroxylation sites is 2. The minimum absolute atomic E-state index is 0.220. The van der Waals surface area contributed by atoms with Crippen LogP contribution in [0.15, 0.2) is 48.5 Å². The fourth-order valence-electron chi connectivity index (χ4n) is 3.69. The molecule has 1 aliphatic rings. The van der Waals surface area contributed by atoms with Crippen LogP contribution in [0.4, 0.5) is 0 Å². The third-order valence-corrected chi connectivity index (χ3v) is 5.29. The number of fused-ring (bicyclic) bond motifs is 1. The van der Waals surface area contributed by atoms with Crippen LogP contribution >= 0.6 is 11.6 Å². The number of nitrogens with zero attached hydrogens (tertiary/aromatic N) is 3. The van der Waals surface area contributed by atoms with Crippen LogP contribution in [0, 0.1) is 0 Å². The minimum atomic E-state index is 0.220. The van der Waals surface area contributed by atoms with Crippen molar-refractivity contribution in [3.05, 3.63) is 64.9 Å². The first-order valence-corrected chi connectivity index (χ1v) is 9.16. The molecule has 0 radical (unpaired) electrons. The topological polar surface area (TPSA) is 41.3 Å². The van der Waals surface area contributed by atoms with Crippen molar-refractivity contribution in [3.63, 3.8) is 0 Å². The second kappa shape index (κ2) is 7.16. The SMILES string of the molecule is OC[C@H]1CCCN1Cc1nc2ccccc2n1Cc1ccc(Cl)cc1. The van der Waals surface area contributed by atoms with E-state index < -0.39 is 0 Å². The second-order valence-electron chi connectivity index (χ2n) is 6.68. The van der Waals surface area contributed by atoms with E-state index in [0.717, 1.165) is 54.4 Å². The van der Waals surface area contributed by atoms with E-state index in [1.807, 2.05) is 18.2 Å². The highest BCUT2D eigenvalue weighted by Crippen LogP contribution is 2.23. The van der Waals surface area contributed by atoms with Gasteiger partial charge in [0.05, 0.1) is 24.2 Å². The first kappa shape index (κ1) is 16.6. The van der Waals surface area contributed by atoms with E-state index in [-0.39, 0.29) is 12.6 Å². The fourth-order valence-corrected chi connectivity index (χ4v) is 3.81. The van der Waals surface area contributed by atoms with Crippen LogP contribution in [0.25, 0.3) is 11.0 Å². The Morgan fingerprint density at radius 2 is 1.88 bits per heavy atom. The van der Waals surface area contributed by atoms with E-state index in [1.165, 1.54) is 5.56 Å². The highest BCUT2D eigenvalue weighted by Gasteiger charge is 2.25. The maximum atomic E-state index is 9.60. The summed E-state index contributed by atoms with van der Waals surface area (Å²) in [6.07, 6.45) is 2.20. The van der Waals surface area contributed by atoms with Crippen LogP contribution in [0.3, 0.4) is 0 Å². The lowest BCUT2D eigenvalue weighted by Gasteiger charge is -2.22. The zero-order chi connectivity index (χ0) is 17.2. The van der Waals surface area contributed by atoms with E-state index in [1.54, 1.807) is 0 Å². The molecular weight excluding hydrogens is 334 g/mol. The smallest absolute Gasteiger partial charge is 0.124 e. The molecule has 2 heterocycles. The fraction of sp³-hybridized carbons (Fsp3) is 0.350. The molecule has 1 atom stereocenters. The van der Waals surface area contributed by atoms with Gasteiger partial charge in [0.1, 0.15) is 5.82 Å². The Kier molecular flexibility index (Phi) is 4.75. The lowest BCUT2D eigenvalue weighted by atomic mass is 10.2.